The summed E-state index contributed by atoms with van der Waals surface area (Å²) in [5.74, 6) is -0.230. The van der Waals surface area contributed by atoms with Gasteiger partial charge in [-0.1, -0.05) is 12.1 Å². The summed E-state index contributed by atoms with van der Waals surface area (Å²) in [5.41, 5.74) is -0.364. The van der Waals surface area contributed by atoms with E-state index < -0.39 is 16.4 Å². The van der Waals surface area contributed by atoms with E-state index in [1.807, 2.05) is 24.3 Å². The monoisotopic (exact) mass is 275 g/mol. The minimum atomic E-state index is -0.759. The molecule has 0 aliphatic carbocycles. The number of thioether (sulfide) groups is 1. The van der Waals surface area contributed by atoms with Crippen molar-refractivity contribution in [3.63, 3.8) is 0 Å². The maximum absolute atomic E-state index is 12.0. The van der Waals surface area contributed by atoms with E-state index in [0.717, 1.165) is 10.6 Å². The topological polar surface area (TPSA) is 94.8 Å². The van der Waals surface area contributed by atoms with Gasteiger partial charge in [0, 0.05) is 11.1 Å². The Morgan fingerprint density at radius 2 is 1.84 bits per heavy atom. The lowest BCUT2D eigenvalue weighted by molar-refractivity contribution is -0.116. The maximum Gasteiger partial charge on any atom is 0.313 e. The van der Waals surface area contributed by atoms with Gasteiger partial charge in [-0.15, -0.1) is 11.8 Å². The number of amides is 1. The molecule has 0 saturated carbocycles. The number of hydrogen-bond acceptors (Lipinski definition) is 4. The van der Waals surface area contributed by atoms with Crippen molar-refractivity contribution < 1.29 is 4.79 Å². The summed E-state index contributed by atoms with van der Waals surface area (Å²) in [4.78, 5) is 40.0. The summed E-state index contributed by atoms with van der Waals surface area (Å²) in [6, 6.07) is 7.40. The molecular weight excluding hydrogens is 266 g/mol. The van der Waals surface area contributed by atoms with E-state index in [-0.39, 0.29) is 5.91 Å². The second-order valence-electron chi connectivity index (χ2n) is 4.01. The molecule has 96 valence electrons. The van der Waals surface area contributed by atoms with E-state index in [9.17, 15) is 14.4 Å². The van der Waals surface area contributed by atoms with Crippen molar-refractivity contribution in [1.82, 2.24) is 9.97 Å². The van der Waals surface area contributed by atoms with Crippen LogP contribution in [0.2, 0.25) is 0 Å². The molecule has 1 aliphatic heterocycles. The average Bonchev–Trinajstić information content (AvgIpc) is 2.41. The van der Waals surface area contributed by atoms with E-state index in [1.165, 1.54) is 18.0 Å². The van der Waals surface area contributed by atoms with Crippen LogP contribution >= 0.6 is 11.8 Å². The Balaban J connectivity index is 2.03. The average molecular weight is 275 g/mol. The van der Waals surface area contributed by atoms with Gasteiger partial charge >= 0.3 is 11.1 Å². The Bertz CT molecular complexity index is 765. The second-order valence-corrected chi connectivity index (χ2v) is 5.16. The number of carbonyl (C=O) groups excluding carboxylic acids is 1. The highest BCUT2D eigenvalue weighted by molar-refractivity contribution is 8.00. The third-order valence-electron chi connectivity index (χ3n) is 2.73. The third kappa shape index (κ3) is 2.08. The first-order chi connectivity index (χ1) is 9.15. The third-order valence-corrected chi connectivity index (χ3v) is 4.05. The van der Waals surface area contributed by atoms with Crippen LogP contribution in [0.5, 0.6) is 0 Å². The normalized spacial score (nSPS) is 17.7. The fraction of sp³-hybridized carbons (Fsp3) is 0.0833. The molecule has 1 atom stereocenters. The Morgan fingerprint density at radius 3 is 2.63 bits per heavy atom. The molecule has 0 radical (unpaired) electrons. The molecule has 3 rings (SSSR count). The quantitative estimate of drug-likeness (QED) is 0.672. The molecule has 19 heavy (non-hydrogen) atoms. The minimum Gasteiger partial charge on any atom is -0.324 e. The van der Waals surface area contributed by atoms with E-state index >= 15 is 0 Å². The Hall–Kier alpha value is -2.28. The summed E-state index contributed by atoms with van der Waals surface area (Å²) in [6.45, 7) is 0. The van der Waals surface area contributed by atoms with E-state index in [2.05, 4.69) is 15.3 Å². The molecule has 1 aromatic carbocycles. The number of fused-ring (bicyclic) bond motifs is 1. The van der Waals surface area contributed by atoms with Gasteiger partial charge in [0.1, 0.15) is 5.25 Å². The number of benzene rings is 1. The van der Waals surface area contributed by atoms with Gasteiger partial charge < -0.3 is 15.3 Å². The van der Waals surface area contributed by atoms with Gasteiger partial charge in [0.05, 0.1) is 11.4 Å². The van der Waals surface area contributed by atoms with Gasteiger partial charge in [0.25, 0.3) is 0 Å². The first-order valence-corrected chi connectivity index (χ1v) is 6.41. The van der Waals surface area contributed by atoms with Gasteiger partial charge in [0.15, 0.2) is 0 Å². The van der Waals surface area contributed by atoms with Crippen LogP contribution in [0.1, 0.15) is 10.9 Å². The molecule has 0 spiro atoms. The van der Waals surface area contributed by atoms with Crippen molar-refractivity contribution in [2.24, 2.45) is 0 Å². The molecule has 0 fully saturated rings. The molecule has 1 amide bonds. The molecular formula is C12H9N3O3S. The Kier molecular flexibility index (Phi) is 2.75. The number of carbonyl (C=O) groups is 1. The Labute approximate surface area is 111 Å². The van der Waals surface area contributed by atoms with Crippen molar-refractivity contribution in [2.75, 3.05) is 5.32 Å². The zero-order valence-electron chi connectivity index (χ0n) is 9.60. The standard InChI is InChI=1S/C12H9N3O3S/c16-10-9(7-5-13-11(17)12(18)15-7)19-8-4-2-1-3-6(8)14-10/h1-5,9H,(H,13,17)(H,14,16)(H,15,18). The number of aromatic nitrogens is 2. The number of aromatic amines is 2. The maximum atomic E-state index is 12.0. The first-order valence-electron chi connectivity index (χ1n) is 5.53. The minimum absolute atomic E-state index is 0.230. The van der Waals surface area contributed by atoms with Crippen molar-refractivity contribution in [3.8, 4) is 0 Å². The van der Waals surface area contributed by atoms with Crippen molar-refractivity contribution >= 4 is 23.4 Å². The molecule has 6 nitrogen and oxygen atoms in total. The Morgan fingerprint density at radius 1 is 1.05 bits per heavy atom. The highest BCUT2D eigenvalue weighted by Gasteiger charge is 2.29. The number of hydrogen-bond donors (Lipinski definition) is 3. The van der Waals surface area contributed by atoms with E-state index in [4.69, 9.17) is 0 Å². The van der Waals surface area contributed by atoms with Crippen molar-refractivity contribution in [2.45, 2.75) is 10.1 Å². The number of anilines is 1. The molecule has 2 aromatic rings. The molecule has 7 heteroatoms. The molecule has 0 saturated heterocycles. The van der Waals surface area contributed by atoms with Crippen LogP contribution in [0.15, 0.2) is 44.9 Å². The zero-order chi connectivity index (χ0) is 13.4. The lowest BCUT2D eigenvalue weighted by atomic mass is 10.2. The van der Waals surface area contributed by atoms with E-state index in [0.29, 0.717) is 5.69 Å². The highest BCUT2D eigenvalue weighted by atomic mass is 32.2. The van der Waals surface area contributed by atoms with Gasteiger partial charge in [-0.05, 0) is 12.1 Å². The summed E-state index contributed by atoms with van der Waals surface area (Å²) in [7, 11) is 0. The first kappa shape index (κ1) is 11.8. The van der Waals surface area contributed by atoms with Gasteiger partial charge in [-0.2, -0.15) is 0 Å². The van der Waals surface area contributed by atoms with Crippen molar-refractivity contribution in [1.29, 1.82) is 0 Å². The molecule has 3 N–H and O–H groups in total. The number of para-hydroxylation sites is 1. The molecule has 1 unspecified atom stereocenters. The van der Waals surface area contributed by atoms with Crippen LogP contribution < -0.4 is 16.4 Å². The second kappa shape index (κ2) is 4.43. The molecule has 0 bridgehead atoms. The summed E-state index contributed by atoms with van der Waals surface area (Å²) < 4.78 is 0. The summed E-state index contributed by atoms with van der Waals surface area (Å²) >= 11 is 1.33. The largest absolute Gasteiger partial charge is 0.324 e. The fourth-order valence-corrected chi connectivity index (χ4v) is 2.91. The van der Waals surface area contributed by atoms with Crippen LogP contribution in [-0.2, 0) is 4.79 Å². The van der Waals surface area contributed by atoms with Gasteiger partial charge in [-0.25, -0.2) is 0 Å². The smallest absolute Gasteiger partial charge is 0.313 e. The van der Waals surface area contributed by atoms with Crippen LogP contribution in [0.25, 0.3) is 0 Å². The lowest BCUT2D eigenvalue weighted by Gasteiger charge is -2.23. The van der Waals surface area contributed by atoms with Crippen LogP contribution in [0.4, 0.5) is 5.69 Å². The molecule has 2 heterocycles. The zero-order valence-corrected chi connectivity index (χ0v) is 10.4. The van der Waals surface area contributed by atoms with Gasteiger partial charge in [-0.3, -0.25) is 14.4 Å². The van der Waals surface area contributed by atoms with Gasteiger partial charge in [0.2, 0.25) is 5.91 Å². The lowest BCUT2D eigenvalue weighted by Crippen LogP contribution is -2.32. The number of nitrogens with one attached hydrogen (secondary N) is 3. The summed E-state index contributed by atoms with van der Waals surface area (Å²) in [6.07, 6.45) is 1.36. The highest BCUT2D eigenvalue weighted by Crippen LogP contribution is 2.42. The van der Waals surface area contributed by atoms with Crippen LogP contribution in [0.3, 0.4) is 0 Å². The van der Waals surface area contributed by atoms with Crippen molar-refractivity contribution in [3.05, 3.63) is 56.9 Å². The number of rotatable bonds is 1. The number of H-pyrrole nitrogens is 2. The van der Waals surface area contributed by atoms with E-state index in [1.54, 1.807) is 0 Å². The SMILES string of the molecule is O=C1Nc2ccccc2SC1c1c[nH]c(=O)c(=O)[nH]1. The molecule has 1 aromatic heterocycles. The molecule has 1 aliphatic rings. The predicted octanol–water partition coefficient (Wildman–Crippen LogP) is 0.849. The van der Waals surface area contributed by atoms with Crippen LogP contribution in [0, 0.1) is 0 Å². The fourth-order valence-electron chi connectivity index (χ4n) is 1.83. The van der Waals surface area contributed by atoms with Crippen LogP contribution in [-0.4, -0.2) is 15.9 Å². The summed E-state index contributed by atoms with van der Waals surface area (Å²) in [5, 5.41) is 2.18. The predicted molar refractivity (Wildman–Crippen MR) is 71.4 cm³/mol.